The van der Waals surface area contributed by atoms with Gasteiger partial charge in [0, 0.05) is 51.3 Å². The summed E-state index contributed by atoms with van der Waals surface area (Å²) in [5.74, 6) is 0.485. The number of hydrogen-bond acceptors (Lipinski definition) is 7. The molecule has 2 aromatic heterocycles. The van der Waals surface area contributed by atoms with Gasteiger partial charge in [-0.3, -0.25) is 14.3 Å². The van der Waals surface area contributed by atoms with Crippen LogP contribution in [-0.2, 0) is 25.2 Å². The summed E-state index contributed by atoms with van der Waals surface area (Å²) in [6, 6.07) is 1.03. The van der Waals surface area contributed by atoms with E-state index in [1.54, 1.807) is 20.8 Å². The Balaban J connectivity index is 1.55. The molecule has 182 valence electrons. The van der Waals surface area contributed by atoms with Gasteiger partial charge < -0.3 is 4.90 Å². The van der Waals surface area contributed by atoms with E-state index in [4.69, 9.17) is 0 Å². The third-order valence-corrected chi connectivity index (χ3v) is 5.61. The highest BCUT2D eigenvalue weighted by Crippen LogP contribution is 2.32. The number of alkyl halides is 3. The van der Waals surface area contributed by atoms with Crippen LogP contribution < -0.4 is 16.1 Å². The minimum absolute atomic E-state index is 0.178. The van der Waals surface area contributed by atoms with E-state index < -0.39 is 28.5 Å². The van der Waals surface area contributed by atoms with Crippen molar-refractivity contribution in [2.75, 3.05) is 37.6 Å². The molecule has 0 radical (unpaired) electrons. The first-order valence-electron chi connectivity index (χ1n) is 10.9. The monoisotopic (exact) mass is 469 g/mol. The van der Waals surface area contributed by atoms with E-state index in [1.807, 2.05) is 4.90 Å². The number of hydrogen-bond donors (Lipinski definition) is 0. The Morgan fingerprint density at radius 2 is 1.61 bits per heavy atom. The Morgan fingerprint density at radius 3 is 2.21 bits per heavy atom. The van der Waals surface area contributed by atoms with Crippen LogP contribution in [0.25, 0.3) is 0 Å². The van der Waals surface area contributed by atoms with Crippen LogP contribution in [0.1, 0.15) is 45.1 Å². The van der Waals surface area contributed by atoms with E-state index in [0.717, 1.165) is 36.2 Å². The van der Waals surface area contributed by atoms with Crippen LogP contribution >= 0.6 is 0 Å². The molecular formula is C21H30F3N7O2. The zero-order valence-electron chi connectivity index (χ0n) is 19.4. The highest BCUT2D eigenvalue weighted by Gasteiger charge is 2.35. The molecule has 0 N–H and O–H groups in total. The van der Waals surface area contributed by atoms with Gasteiger partial charge >= 0.3 is 11.9 Å². The van der Waals surface area contributed by atoms with Gasteiger partial charge in [0.15, 0.2) is 0 Å². The normalized spacial score (nSPS) is 15.8. The summed E-state index contributed by atoms with van der Waals surface area (Å²) in [6.07, 6.45) is -1.84. The summed E-state index contributed by atoms with van der Waals surface area (Å²) >= 11 is 0. The standard InChI is InChI=1S/C21H30F3N7O2/c1-20(2,3)18-26-15(21(22,23)24)13-16(27-18)30-11-9-29(10-12-30)7-5-6-8-31-19(33)28(4)17(32)14-25-31/h13-14H,5-12H2,1-4H3. The maximum absolute atomic E-state index is 13.4. The molecule has 1 aliphatic rings. The van der Waals surface area contributed by atoms with Crippen LogP contribution in [0, 0.1) is 0 Å². The second-order valence-electron chi connectivity index (χ2n) is 9.27. The number of rotatable bonds is 6. The first-order valence-corrected chi connectivity index (χ1v) is 10.9. The molecule has 0 amide bonds. The lowest BCUT2D eigenvalue weighted by Crippen LogP contribution is -2.47. The molecule has 0 unspecified atom stereocenters. The first-order chi connectivity index (χ1) is 15.4. The first kappa shape index (κ1) is 24.9. The van der Waals surface area contributed by atoms with Crippen LogP contribution in [0.5, 0.6) is 0 Å². The molecule has 3 rings (SSSR count). The Kier molecular flexibility index (Phi) is 7.25. The summed E-state index contributed by atoms with van der Waals surface area (Å²) in [6.45, 7) is 9.15. The molecule has 0 spiro atoms. The van der Waals surface area contributed by atoms with Crippen LogP contribution in [0.4, 0.5) is 19.0 Å². The van der Waals surface area contributed by atoms with Gasteiger partial charge in [-0.2, -0.15) is 18.3 Å². The van der Waals surface area contributed by atoms with E-state index in [1.165, 1.54) is 11.7 Å². The number of unbranched alkanes of at least 4 members (excludes halogenated alkanes) is 1. The number of piperazine rings is 1. The number of aromatic nitrogens is 5. The van der Waals surface area contributed by atoms with Crippen molar-refractivity contribution in [3.8, 4) is 0 Å². The minimum atomic E-state index is -4.53. The lowest BCUT2D eigenvalue weighted by atomic mass is 9.95. The fourth-order valence-corrected chi connectivity index (χ4v) is 3.55. The summed E-state index contributed by atoms with van der Waals surface area (Å²) in [5, 5.41) is 3.87. The molecule has 1 fully saturated rings. The highest BCUT2D eigenvalue weighted by molar-refractivity contribution is 5.42. The summed E-state index contributed by atoms with van der Waals surface area (Å²) in [5.41, 5.74) is -2.38. The molecule has 12 heteroatoms. The van der Waals surface area contributed by atoms with Gasteiger partial charge in [-0.25, -0.2) is 19.4 Å². The zero-order chi connectivity index (χ0) is 24.4. The largest absolute Gasteiger partial charge is 0.433 e. The Morgan fingerprint density at radius 1 is 0.970 bits per heavy atom. The number of halogens is 3. The third kappa shape index (κ3) is 6.18. The topological polar surface area (TPSA) is 89.2 Å². The van der Waals surface area contributed by atoms with Crippen molar-refractivity contribution >= 4 is 5.82 Å². The van der Waals surface area contributed by atoms with Gasteiger partial charge in [0.05, 0.1) is 0 Å². The molecule has 0 aliphatic carbocycles. The second kappa shape index (κ2) is 9.62. The molecule has 1 aliphatic heterocycles. The van der Waals surface area contributed by atoms with Crippen LogP contribution in [0.3, 0.4) is 0 Å². The Hall–Kier alpha value is -2.76. The number of aryl methyl sites for hydroxylation is 1. The van der Waals surface area contributed by atoms with E-state index in [-0.39, 0.29) is 5.82 Å². The summed E-state index contributed by atoms with van der Waals surface area (Å²) in [4.78, 5) is 35.7. The van der Waals surface area contributed by atoms with Crippen LogP contribution in [-0.4, -0.2) is 61.9 Å². The number of anilines is 1. The molecule has 2 aromatic rings. The maximum Gasteiger partial charge on any atom is 0.433 e. The van der Waals surface area contributed by atoms with Gasteiger partial charge in [-0.05, 0) is 19.4 Å². The molecule has 0 atom stereocenters. The molecule has 0 bridgehead atoms. The van der Waals surface area contributed by atoms with Crippen molar-refractivity contribution in [2.24, 2.45) is 7.05 Å². The Bertz CT molecular complexity index is 1050. The van der Waals surface area contributed by atoms with E-state index >= 15 is 0 Å². The van der Waals surface area contributed by atoms with Gasteiger partial charge in [-0.1, -0.05) is 20.8 Å². The number of nitrogens with zero attached hydrogens (tertiary/aromatic N) is 7. The lowest BCUT2D eigenvalue weighted by Gasteiger charge is -2.36. The third-order valence-electron chi connectivity index (χ3n) is 5.61. The molecule has 3 heterocycles. The fourth-order valence-electron chi connectivity index (χ4n) is 3.55. The average molecular weight is 470 g/mol. The van der Waals surface area contributed by atoms with Gasteiger partial charge in [0.1, 0.15) is 23.5 Å². The molecular weight excluding hydrogens is 439 g/mol. The van der Waals surface area contributed by atoms with Crippen molar-refractivity contribution in [2.45, 2.75) is 51.7 Å². The average Bonchev–Trinajstić information content (AvgIpc) is 2.75. The van der Waals surface area contributed by atoms with E-state index in [2.05, 4.69) is 20.0 Å². The van der Waals surface area contributed by atoms with E-state index in [9.17, 15) is 22.8 Å². The molecule has 33 heavy (non-hydrogen) atoms. The fraction of sp³-hybridized carbons (Fsp3) is 0.667. The van der Waals surface area contributed by atoms with Gasteiger partial charge in [-0.15, -0.1) is 0 Å². The SMILES string of the molecule is Cn1c(=O)cnn(CCCCN2CCN(c3cc(C(F)(F)F)nc(C(C)(C)C)n3)CC2)c1=O. The van der Waals surface area contributed by atoms with Crippen molar-refractivity contribution in [1.29, 1.82) is 0 Å². The molecule has 9 nitrogen and oxygen atoms in total. The summed E-state index contributed by atoms with van der Waals surface area (Å²) in [7, 11) is 1.42. The smallest absolute Gasteiger partial charge is 0.354 e. The maximum atomic E-state index is 13.4. The van der Waals surface area contributed by atoms with Gasteiger partial charge in [0.25, 0.3) is 5.56 Å². The highest BCUT2D eigenvalue weighted by atomic mass is 19.4. The van der Waals surface area contributed by atoms with Crippen molar-refractivity contribution < 1.29 is 13.2 Å². The Labute approximate surface area is 189 Å². The lowest BCUT2D eigenvalue weighted by molar-refractivity contribution is -0.141. The quantitative estimate of drug-likeness (QED) is 0.595. The predicted molar refractivity (Wildman–Crippen MR) is 117 cm³/mol. The second-order valence-corrected chi connectivity index (χ2v) is 9.27. The van der Waals surface area contributed by atoms with Crippen LogP contribution in [0.2, 0.25) is 0 Å². The summed E-state index contributed by atoms with van der Waals surface area (Å²) < 4.78 is 42.4. The van der Waals surface area contributed by atoms with Crippen molar-refractivity contribution in [3.63, 3.8) is 0 Å². The molecule has 0 saturated carbocycles. The molecule has 0 aromatic carbocycles. The predicted octanol–water partition coefficient (Wildman–Crippen LogP) is 1.65. The van der Waals surface area contributed by atoms with Crippen molar-refractivity contribution in [1.82, 2.24) is 29.2 Å². The van der Waals surface area contributed by atoms with Crippen molar-refractivity contribution in [3.05, 3.63) is 44.6 Å². The van der Waals surface area contributed by atoms with Gasteiger partial charge in [0.2, 0.25) is 0 Å². The zero-order valence-corrected chi connectivity index (χ0v) is 19.4. The molecule has 1 saturated heterocycles. The van der Waals surface area contributed by atoms with E-state index in [0.29, 0.717) is 38.5 Å². The van der Waals surface area contributed by atoms with Crippen LogP contribution in [0.15, 0.2) is 21.9 Å². The minimum Gasteiger partial charge on any atom is -0.354 e.